The third-order valence-electron chi connectivity index (χ3n) is 3.15. The van der Waals surface area contributed by atoms with E-state index in [1.807, 2.05) is 0 Å². The van der Waals surface area contributed by atoms with E-state index in [9.17, 15) is 14.9 Å². The van der Waals surface area contributed by atoms with Crippen molar-refractivity contribution >= 4 is 17.4 Å². The zero-order valence-electron chi connectivity index (χ0n) is 11.8. The predicted octanol–water partition coefficient (Wildman–Crippen LogP) is 1.19. The molecule has 114 valence electrons. The molecular formula is C13H18N4O4. The van der Waals surface area contributed by atoms with Crippen molar-refractivity contribution < 1.29 is 14.5 Å². The molecule has 8 heteroatoms. The number of hydrogen-bond acceptors (Lipinski definition) is 6. The fourth-order valence-electron chi connectivity index (χ4n) is 1.79. The van der Waals surface area contributed by atoms with Gasteiger partial charge in [-0.1, -0.05) is 0 Å². The van der Waals surface area contributed by atoms with Crippen LogP contribution in [0.2, 0.25) is 0 Å². The fraction of sp³-hybridized carbons (Fsp3) is 0.538. The Balaban J connectivity index is 1.89. The monoisotopic (exact) mass is 294 g/mol. The molecule has 8 nitrogen and oxygen atoms in total. The number of anilines is 1. The standard InChI is InChI=1S/C13H18N4O4/c1-14-12-11(6-10(7-16-12)17(19)20)13(18)15-4-5-21-8-9-2-3-9/h6-7,9H,2-5,8H2,1H3,(H,14,16)(H,15,18). The van der Waals surface area contributed by atoms with E-state index in [2.05, 4.69) is 15.6 Å². The summed E-state index contributed by atoms with van der Waals surface area (Å²) in [4.78, 5) is 26.1. The summed E-state index contributed by atoms with van der Waals surface area (Å²) in [6.45, 7) is 1.52. The van der Waals surface area contributed by atoms with Crippen LogP contribution in [0.25, 0.3) is 0 Å². The normalized spacial score (nSPS) is 13.8. The minimum atomic E-state index is -0.581. The first-order valence-corrected chi connectivity index (χ1v) is 6.80. The number of nitro groups is 1. The lowest BCUT2D eigenvalue weighted by molar-refractivity contribution is -0.385. The van der Waals surface area contributed by atoms with Gasteiger partial charge in [0.15, 0.2) is 0 Å². The molecule has 2 N–H and O–H groups in total. The molecule has 0 unspecified atom stereocenters. The molecule has 1 amide bonds. The molecule has 1 aliphatic carbocycles. The van der Waals surface area contributed by atoms with Gasteiger partial charge in [-0.25, -0.2) is 4.98 Å². The van der Waals surface area contributed by atoms with E-state index >= 15 is 0 Å². The average Bonchev–Trinajstić information content (AvgIpc) is 3.30. The first-order valence-electron chi connectivity index (χ1n) is 6.80. The molecule has 0 atom stereocenters. The number of carbonyl (C=O) groups excluding carboxylic acids is 1. The summed E-state index contributed by atoms with van der Waals surface area (Å²) in [5, 5.41) is 16.1. The minimum absolute atomic E-state index is 0.147. The number of aromatic nitrogens is 1. The summed E-state index contributed by atoms with van der Waals surface area (Å²) in [5.74, 6) is 0.570. The second kappa shape index (κ2) is 6.98. The summed E-state index contributed by atoms with van der Waals surface area (Å²) in [7, 11) is 1.60. The van der Waals surface area contributed by atoms with Crippen molar-refractivity contribution in [2.24, 2.45) is 5.92 Å². The van der Waals surface area contributed by atoms with E-state index in [0.29, 0.717) is 24.9 Å². The Bertz CT molecular complexity index is 531. The van der Waals surface area contributed by atoms with Gasteiger partial charge in [0.1, 0.15) is 12.0 Å². The Kier molecular flexibility index (Phi) is 5.04. The number of amides is 1. The Labute approximate surface area is 122 Å². The Morgan fingerprint density at radius 2 is 2.33 bits per heavy atom. The van der Waals surface area contributed by atoms with E-state index in [0.717, 1.165) is 12.8 Å². The van der Waals surface area contributed by atoms with Gasteiger partial charge in [-0.15, -0.1) is 0 Å². The molecule has 0 bridgehead atoms. The second-order valence-corrected chi connectivity index (χ2v) is 4.87. The zero-order chi connectivity index (χ0) is 15.2. The Morgan fingerprint density at radius 1 is 1.57 bits per heavy atom. The Hall–Kier alpha value is -2.22. The smallest absolute Gasteiger partial charge is 0.288 e. The Morgan fingerprint density at radius 3 is 2.95 bits per heavy atom. The zero-order valence-corrected chi connectivity index (χ0v) is 11.8. The second-order valence-electron chi connectivity index (χ2n) is 4.87. The van der Waals surface area contributed by atoms with E-state index < -0.39 is 10.8 Å². The number of hydrogen-bond donors (Lipinski definition) is 2. The number of pyridine rings is 1. The van der Waals surface area contributed by atoms with Gasteiger partial charge in [0.05, 0.1) is 17.1 Å². The minimum Gasteiger partial charge on any atom is -0.379 e. The topological polar surface area (TPSA) is 106 Å². The molecule has 1 heterocycles. The summed E-state index contributed by atoms with van der Waals surface area (Å²) in [6, 6.07) is 1.21. The van der Waals surface area contributed by atoms with E-state index in [1.165, 1.54) is 18.9 Å². The van der Waals surface area contributed by atoms with Crippen molar-refractivity contribution in [1.29, 1.82) is 0 Å². The molecule has 21 heavy (non-hydrogen) atoms. The summed E-state index contributed by atoms with van der Waals surface area (Å²) >= 11 is 0. The first-order chi connectivity index (χ1) is 10.1. The third-order valence-corrected chi connectivity index (χ3v) is 3.15. The molecule has 1 aromatic rings. The highest BCUT2D eigenvalue weighted by Gasteiger charge is 2.21. The van der Waals surface area contributed by atoms with Gasteiger partial charge in [-0.05, 0) is 18.8 Å². The van der Waals surface area contributed by atoms with Crippen molar-refractivity contribution in [3.05, 3.63) is 27.9 Å². The fourth-order valence-corrected chi connectivity index (χ4v) is 1.79. The van der Waals surface area contributed by atoms with Crippen LogP contribution in [0.5, 0.6) is 0 Å². The molecule has 0 spiro atoms. The summed E-state index contributed by atoms with van der Waals surface area (Å²) in [6.07, 6.45) is 3.55. The maximum absolute atomic E-state index is 12.0. The van der Waals surface area contributed by atoms with Gasteiger partial charge in [-0.3, -0.25) is 14.9 Å². The van der Waals surface area contributed by atoms with Gasteiger partial charge in [0.2, 0.25) is 0 Å². The quantitative estimate of drug-likeness (QED) is 0.424. The van der Waals surface area contributed by atoms with Crippen LogP contribution >= 0.6 is 0 Å². The van der Waals surface area contributed by atoms with E-state index in [4.69, 9.17) is 4.74 Å². The van der Waals surface area contributed by atoms with Crippen molar-refractivity contribution in [3.8, 4) is 0 Å². The number of rotatable bonds is 8. The van der Waals surface area contributed by atoms with Crippen LogP contribution in [0.3, 0.4) is 0 Å². The number of nitrogens with one attached hydrogen (secondary N) is 2. The van der Waals surface area contributed by atoms with Gasteiger partial charge < -0.3 is 15.4 Å². The molecular weight excluding hydrogens is 276 g/mol. The highest BCUT2D eigenvalue weighted by Crippen LogP contribution is 2.28. The number of carbonyl (C=O) groups is 1. The van der Waals surface area contributed by atoms with Crippen LogP contribution in [0.15, 0.2) is 12.3 Å². The lowest BCUT2D eigenvalue weighted by atomic mass is 10.2. The molecule has 1 saturated carbocycles. The van der Waals surface area contributed by atoms with E-state index in [-0.39, 0.29) is 11.3 Å². The van der Waals surface area contributed by atoms with Gasteiger partial charge in [0.25, 0.3) is 11.6 Å². The van der Waals surface area contributed by atoms with Crippen molar-refractivity contribution in [2.75, 3.05) is 32.1 Å². The highest BCUT2D eigenvalue weighted by atomic mass is 16.6. The maximum Gasteiger partial charge on any atom is 0.288 e. The van der Waals surface area contributed by atoms with Gasteiger partial charge in [-0.2, -0.15) is 0 Å². The van der Waals surface area contributed by atoms with Gasteiger partial charge in [0, 0.05) is 26.3 Å². The SMILES string of the molecule is CNc1ncc([N+](=O)[O-])cc1C(=O)NCCOCC1CC1. The molecule has 1 aliphatic rings. The first kappa shape index (κ1) is 15.2. The van der Waals surface area contributed by atoms with Crippen molar-refractivity contribution in [3.63, 3.8) is 0 Å². The third kappa shape index (κ3) is 4.38. The van der Waals surface area contributed by atoms with E-state index in [1.54, 1.807) is 7.05 Å². The van der Waals surface area contributed by atoms with Crippen LogP contribution < -0.4 is 10.6 Å². The molecule has 0 radical (unpaired) electrons. The predicted molar refractivity (Wildman–Crippen MR) is 76.3 cm³/mol. The van der Waals surface area contributed by atoms with Crippen molar-refractivity contribution in [1.82, 2.24) is 10.3 Å². The molecule has 0 saturated heterocycles. The summed E-state index contributed by atoms with van der Waals surface area (Å²) < 4.78 is 5.41. The number of nitrogens with zero attached hydrogens (tertiary/aromatic N) is 2. The molecule has 0 aliphatic heterocycles. The summed E-state index contributed by atoms with van der Waals surface area (Å²) in [5.41, 5.74) is -0.0713. The van der Waals surface area contributed by atoms with Crippen molar-refractivity contribution in [2.45, 2.75) is 12.8 Å². The molecule has 0 aromatic carbocycles. The largest absolute Gasteiger partial charge is 0.379 e. The molecule has 2 rings (SSSR count). The average molecular weight is 294 g/mol. The molecule has 1 fully saturated rings. The van der Waals surface area contributed by atoms with Crippen LogP contribution in [0.4, 0.5) is 11.5 Å². The van der Waals surface area contributed by atoms with Crippen LogP contribution in [0, 0.1) is 16.0 Å². The van der Waals surface area contributed by atoms with Crippen LogP contribution in [-0.4, -0.2) is 42.6 Å². The molecule has 1 aromatic heterocycles. The lowest BCUT2D eigenvalue weighted by Crippen LogP contribution is -2.28. The lowest BCUT2D eigenvalue weighted by Gasteiger charge is -2.09. The number of ether oxygens (including phenoxy) is 1. The highest BCUT2D eigenvalue weighted by molar-refractivity contribution is 5.99. The maximum atomic E-state index is 12.0. The van der Waals surface area contributed by atoms with Crippen LogP contribution in [0.1, 0.15) is 23.2 Å². The van der Waals surface area contributed by atoms with Crippen LogP contribution in [-0.2, 0) is 4.74 Å². The van der Waals surface area contributed by atoms with Gasteiger partial charge >= 0.3 is 0 Å².